The van der Waals surface area contributed by atoms with Crippen LogP contribution in [0.3, 0.4) is 0 Å². The molecule has 2 N–H and O–H groups in total. The quantitative estimate of drug-likeness (QED) is 0.291. The van der Waals surface area contributed by atoms with E-state index >= 15 is 0 Å². The van der Waals surface area contributed by atoms with E-state index in [0.717, 1.165) is 64.1 Å². The molecule has 0 unspecified atom stereocenters. The highest BCUT2D eigenvalue weighted by Crippen LogP contribution is 2.12. The number of hydrogen-bond acceptors (Lipinski definition) is 4. The lowest BCUT2D eigenvalue weighted by molar-refractivity contribution is 0.0342. The fourth-order valence-electron chi connectivity index (χ4n) is 3.40. The molecule has 6 nitrogen and oxygen atoms in total. The van der Waals surface area contributed by atoms with E-state index in [9.17, 15) is 0 Å². The average molecular weight is 538 g/mol. The largest absolute Gasteiger partial charge is 0.497 e. The Morgan fingerprint density at radius 2 is 1.61 bits per heavy atom. The number of hydrogen-bond donors (Lipinski definition) is 2. The van der Waals surface area contributed by atoms with Gasteiger partial charge in [-0.25, -0.2) is 4.99 Å². The Bertz CT molecular complexity index is 775. The third kappa shape index (κ3) is 9.04. The van der Waals surface area contributed by atoms with Crippen LogP contribution in [0.25, 0.3) is 0 Å². The number of methoxy groups -OCH3 is 1. The minimum absolute atomic E-state index is 0. The third-order valence-electron chi connectivity index (χ3n) is 5.16. The summed E-state index contributed by atoms with van der Waals surface area (Å²) in [5, 5.41) is 6.75. The lowest BCUT2D eigenvalue weighted by Gasteiger charge is -2.26. The summed E-state index contributed by atoms with van der Waals surface area (Å²) in [5.74, 6) is 1.74. The minimum atomic E-state index is 0. The average Bonchev–Trinajstić information content (AvgIpc) is 2.79. The van der Waals surface area contributed by atoms with Crippen LogP contribution in [0.4, 0.5) is 0 Å². The first-order valence-corrected chi connectivity index (χ1v) is 10.8. The summed E-state index contributed by atoms with van der Waals surface area (Å²) in [7, 11) is 1.69. The lowest BCUT2D eigenvalue weighted by Crippen LogP contribution is -2.38. The predicted molar refractivity (Wildman–Crippen MR) is 137 cm³/mol. The molecule has 0 amide bonds. The van der Waals surface area contributed by atoms with Crippen LogP contribution in [-0.2, 0) is 24.2 Å². The van der Waals surface area contributed by atoms with Crippen molar-refractivity contribution in [1.82, 2.24) is 15.5 Å². The second-order valence-corrected chi connectivity index (χ2v) is 7.43. The van der Waals surface area contributed by atoms with Gasteiger partial charge in [0, 0.05) is 32.7 Å². The van der Waals surface area contributed by atoms with Crippen LogP contribution in [0.5, 0.6) is 5.75 Å². The Morgan fingerprint density at radius 3 is 2.26 bits per heavy atom. The summed E-state index contributed by atoms with van der Waals surface area (Å²) in [5.41, 5.74) is 3.83. The van der Waals surface area contributed by atoms with Crippen LogP contribution < -0.4 is 15.4 Å². The van der Waals surface area contributed by atoms with Crippen LogP contribution in [-0.4, -0.2) is 57.4 Å². The van der Waals surface area contributed by atoms with Gasteiger partial charge >= 0.3 is 0 Å². The molecule has 31 heavy (non-hydrogen) atoms. The molecular weight excluding hydrogens is 503 g/mol. The number of ether oxygens (including phenoxy) is 2. The van der Waals surface area contributed by atoms with E-state index in [0.29, 0.717) is 6.54 Å². The number of morpholine rings is 1. The van der Waals surface area contributed by atoms with E-state index in [1.165, 1.54) is 16.7 Å². The van der Waals surface area contributed by atoms with Gasteiger partial charge in [-0.15, -0.1) is 24.0 Å². The van der Waals surface area contributed by atoms with E-state index in [1.807, 2.05) is 12.1 Å². The van der Waals surface area contributed by atoms with Gasteiger partial charge in [-0.1, -0.05) is 36.4 Å². The molecule has 1 heterocycles. The zero-order valence-corrected chi connectivity index (χ0v) is 20.9. The van der Waals surface area contributed by atoms with E-state index in [4.69, 9.17) is 14.5 Å². The van der Waals surface area contributed by atoms with Gasteiger partial charge in [-0.2, -0.15) is 0 Å². The lowest BCUT2D eigenvalue weighted by atomic mass is 10.1. The van der Waals surface area contributed by atoms with E-state index in [-0.39, 0.29) is 24.0 Å². The van der Waals surface area contributed by atoms with Crippen LogP contribution in [0.1, 0.15) is 23.6 Å². The standard InChI is InChI=1S/C24H34N4O2.HI/c1-3-25-24(26-13-12-20-8-10-23(29-2)11-9-20)27-18-21-4-6-22(7-5-21)19-28-14-16-30-17-15-28;/h4-11H,3,12-19H2,1-2H3,(H2,25,26,27);1H. The molecule has 1 saturated heterocycles. The van der Waals surface area contributed by atoms with Crippen molar-refractivity contribution in [1.29, 1.82) is 0 Å². The normalized spacial score (nSPS) is 14.6. The maximum Gasteiger partial charge on any atom is 0.191 e. The molecular formula is C24H35IN4O2. The van der Waals surface area contributed by atoms with E-state index in [2.05, 4.69) is 58.9 Å². The summed E-state index contributed by atoms with van der Waals surface area (Å²) >= 11 is 0. The monoisotopic (exact) mass is 538 g/mol. The van der Waals surface area contributed by atoms with Crippen molar-refractivity contribution in [3.05, 3.63) is 65.2 Å². The van der Waals surface area contributed by atoms with Crippen molar-refractivity contribution in [3.8, 4) is 5.75 Å². The van der Waals surface area contributed by atoms with Gasteiger partial charge in [-0.05, 0) is 42.2 Å². The van der Waals surface area contributed by atoms with Crippen LogP contribution in [0.2, 0.25) is 0 Å². The molecule has 0 radical (unpaired) electrons. The molecule has 2 aromatic carbocycles. The summed E-state index contributed by atoms with van der Waals surface area (Å²) in [6.45, 7) is 9.11. The molecule has 7 heteroatoms. The maximum atomic E-state index is 5.42. The van der Waals surface area contributed by atoms with Crippen molar-refractivity contribution in [3.63, 3.8) is 0 Å². The minimum Gasteiger partial charge on any atom is -0.497 e. The number of nitrogens with one attached hydrogen (secondary N) is 2. The number of aliphatic imine (C=N–C) groups is 1. The molecule has 0 saturated carbocycles. The molecule has 1 fully saturated rings. The molecule has 0 aromatic heterocycles. The molecule has 0 spiro atoms. The molecule has 170 valence electrons. The first kappa shape index (κ1) is 25.4. The van der Waals surface area contributed by atoms with Crippen LogP contribution in [0, 0.1) is 0 Å². The highest BCUT2D eigenvalue weighted by atomic mass is 127. The first-order valence-electron chi connectivity index (χ1n) is 10.8. The van der Waals surface area contributed by atoms with Gasteiger partial charge in [0.2, 0.25) is 0 Å². The molecule has 2 aromatic rings. The highest BCUT2D eigenvalue weighted by Gasteiger charge is 2.10. The zero-order chi connectivity index (χ0) is 21.0. The smallest absolute Gasteiger partial charge is 0.191 e. The van der Waals surface area contributed by atoms with E-state index < -0.39 is 0 Å². The number of rotatable bonds is 9. The number of nitrogens with zero attached hydrogens (tertiary/aromatic N) is 2. The van der Waals surface area contributed by atoms with Gasteiger partial charge in [0.15, 0.2) is 5.96 Å². The second-order valence-electron chi connectivity index (χ2n) is 7.43. The first-order chi connectivity index (χ1) is 14.8. The number of halogens is 1. The maximum absolute atomic E-state index is 5.42. The predicted octanol–water partition coefficient (Wildman–Crippen LogP) is 3.44. The van der Waals surface area contributed by atoms with Gasteiger partial charge in [0.1, 0.15) is 5.75 Å². The molecule has 3 rings (SSSR count). The zero-order valence-electron chi connectivity index (χ0n) is 18.6. The fourth-order valence-corrected chi connectivity index (χ4v) is 3.40. The van der Waals surface area contributed by atoms with Crippen molar-refractivity contribution in [2.75, 3.05) is 46.5 Å². The van der Waals surface area contributed by atoms with Crippen LogP contribution in [0.15, 0.2) is 53.5 Å². The Morgan fingerprint density at radius 1 is 0.968 bits per heavy atom. The Balaban J connectivity index is 0.00000341. The van der Waals surface area contributed by atoms with Crippen LogP contribution >= 0.6 is 24.0 Å². The van der Waals surface area contributed by atoms with Gasteiger partial charge in [0.25, 0.3) is 0 Å². The summed E-state index contributed by atoms with van der Waals surface area (Å²) in [4.78, 5) is 7.17. The summed E-state index contributed by atoms with van der Waals surface area (Å²) < 4.78 is 10.6. The topological polar surface area (TPSA) is 58.1 Å². The molecule has 0 atom stereocenters. The second kappa shape index (κ2) is 14.3. The third-order valence-corrected chi connectivity index (χ3v) is 5.16. The van der Waals surface area contributed by atoms with Gasteiger partial charge in [0.05, 0.1) is 26.9 Å². The van der Waals surface area contributed by atoms with Gasteiger partial charge in [-0.3, -0.25) is 4.90 Å². The number of benzene rings is 2. The van der Waals surface area contributed by atoms with Gasteiger partial charge < -0.3 is 20.1 Å². The molecule has 1 aliphatic heterocycles. The van der Waals surface area contributed by atoms with Crippen molar-refractivity contribution in [2.45, 2.75) is 26.4 Å². The van der Waals surface area contributed by atoms with E-state index in [1.54, 1.807) is 7.11 Å². The number of guanidine groups is 1. The fraction of sp³-hybridized carbons (Fsp3) is 0.458. The Labute approximate surface area is 203 Å². The van der Waals surface area contributed by atoms with Crippen molar-refractivity contribution in [2.24, 2.45) is 4.99 Å². The SMILES string of the molecule is CCNC(=NCc1ccc(CN2CCOCC2)cc1)NCCc1ccc(OC)cc1.I. The highest BCUT2D eigenvalue weighted by molar-refractivity contribution is 14.0. The Kier molecular flexibility index (Phi) is 11.7. The molecule has 1 aliphatic rings. The van der Waals surface area contributed by atoms with Crippen molar-refractivity contribution >= 4 is 29.9 Å². The Hall–Kier alpha value is -1.84. The molecule has 0 aliphatic carbocycles. The molecule has 0 bridgehead atoms. The summed E-state index contributed by atoms with van der Waals surface area (Å²) in [6, 6.07) is 17.0. The summed E-state index contributed by atoms with van der Waals surface area (Å²) in [6.07, 6.45) is 0.935. The van der Waals surface area contributed by atoms with Crippen molar-refractivity contribution < 1.29 is 9.47 Å².